The van der Waals surface area contributed by atoms with E-state index in [9.17, 15) is 13.2 Å². The molecule has 2 aliphatic heterocycles. The van der Waals surface area contributed by atoms with E-state index in [1.165, 1.54) is 10.7 Å². The van der Waals surface area contributed by atoms with E-state index in [1.807, 2.05) is 24.0 Å². The Bertz CT molecular complexity index is 724. The van der Waals surface area contributed by atoms with Gasteiger partial charge in [-0.05, 0) is 50.2 Å². The first-order valence-electron chi connectivity index (χ1n) is 9.24. The third-order valence-corrected chi connectivity index (χ3v) is 7.54. The first kappa shape index (κ1) is 18.4. The molecule has 138 valence electrons. The van der Waals surface area contributed by atoms with E-state index in [0.717, 1.165) is 25.1 Å². The molecule has 0 aliphatic carbocycles. The van der Waals surface area contributed by atoms with Gasteiger partial charge < -0.3 is 4.90 Å². The molecule has 5 nitrogen and oxygen atoms in total. The van der Waals surface area contributed by atoms with Crippen LogP contribution in [0.25, 0.3) is 0 Å². The molecule has 1 aromatic carbocycles. The predicted octanol–water partition coefficient (Wildman–Crippen LogP) is 2.65. The van der Waals surface area contributed by atoms with Crippen molar-refractivity contribution < 1.29 is 13.2 Å². The van der Waals surface area contributed by atoms with Crippen LogP contribution in [0.1, 0.15) is 38.2 Å². The minimum Gasteiger partial charge on any atom is -0.342 e. The van der Waals surface area contributed by atoms with Gasteiger partial charge in [0.1, 0.15) is 0 Å². The second-order valence-corrected chi connectivity index (χ2v) is 9.38. The fourth-order valence-electron chi connectivity index (χ4n) is 3.98. The summed E-state index contributed by atoms with van der Waals surface area (Å²) in [6.45, 7) is 6.57. The number of rotatable bonds is 3. The zero-order chi connectivity index (χ0) is 18.0. The van der Waals surface area contributed by atoms with Gasteiger partial charge in [-0.1, -0.05) is 25.1 Å². The summed E-state index contributed by atoms with van der Waals surface area (Å²) in [5.41, 5.74) is 0.767. The zero-order valence-corrected chi connectivity index (χ0v) is 16.0. The average molecular weight is 365 g/mol. The summed E-state index contributed by atoms with van der Waals surface area (Å²) in [5.74, 6) is 0.757. The number of hydrogen-bond donors (Lipinski definition) is 0. The van der Waals surface area contributed by atoms with Gasteiger partial charge in [-0.2, -0.15) is 4.31 Å². The molecule has 2 saturated heterocycles. The van der Waals surface area contributed by atoms with Gasteiger partial charge in [0.15, 0.2) is 0 Å². The molecule has 25 heavy (non-hydrogen) atoms. The maximum atomic E-state index is 12.9. The van der Waals surface area contributed by atoms with Crippen molar-refractivity contribution in [3.05, 3.63) is 29.8 Å². The Kier molecular flexibility index (Phi) is 5.49. The SMILES string of the molecule is Cc1ccccc1S(=O)(=O)N1CCC(C(=O)N2CCCC(C)C2)CC1. The summed E-state index contributed by atoms with van der Waals surface area (Å²) >= 11 is 0. The van der Waals surface area contributed by atoms with Crippen molar-refractivity contribution in [2.75, 3.05) is 26.2 Å². The van der Waals surface area contributed by atoms with E-state index < -0.39 is 10.0 Å². The highest BCUT2D eigenvalue weighted by Crippen LogP contribution is 2.27. The zero-order valence-electron chi connectivity index (χ0n) is 15.1. The van der Waals surface area contributed by atoms with Crippen molar-refractivity contribution in [1.82, 2.24) is 9.21 Å². The lowest BCUT2D eigenvalue weighted by Crippen LogP contribution is -2.47. The van der Waals surface area contributed by atoms with Crippen molar-refractivity contribution in [3.8, 4) is 0 Å². The smallest absolute Gasteiger partial charge is 0.243 e. The van der Waals surface area contributed by atoms with Crippen molar-refractivity contribution in [2.24, 2.45) is 11.8 Å². The Morgan fingerprint density at radius 3 is 2.40 bits per heavy atom. The Labute approximate surface area is 151 Å². The van der Waals surface area contributed by atoms with Gasteiger partial charge in [0.05, 0.1) is 4.90 Å². The molecule has 1 amide bonds. The lowest BCUT2D eigenvalue weighted by molar-refractivity contribution is -0.138. The summed E-state index contributed by atoms with van der Waals surface area (Å²) in [6, 6.07) is 7.09. The highest BCUT2D eigenvalue weighted by Gasteiger charge is 2.35. The van der Waals surface area contributed by atoms with E-state index in [-0.39, 0.29) is 11.8 Å². The fraction of sp³-hybridized carbons (Fsp3) is 0.632. The second kappa shape index (κ2) is 7.46. The maximum Gasteiger partial charge on any atom is 0.243 e. The van der Waals surface area contributed by atoms with E-state index in [4.69, 9.17) is 0 Å². The van der Waals surface area contributed by atoms with Crippen LogP contribution in [0.2, 0.25) is 0 Å². The van der Waals surface area contributed by atoms with E-state index in [0.29, 0.717) is 36.7 Å². The number of piperidine rings is 2. The highest BCUT2D eigenvalue weighted by atomic mass is 32.2. The third kappa shape index (κ3) is 3.90. The Morgan fingerprint density at radius 1 is 1.08 bits per heavy atom. The lowest BCUT2D eigenvalue weighted by Gasteiger charge is -2.36. The fourth-order valence-corrected chi connectivity index (χ4v) is 5.67. The first-order chi connectivity index (χ1) is 11.9. The van der Waals surface area contributed by atoms with Crippen molar-refractivity contribution >= 4 is 15.9 Å². The number of hydrogen-bond acceptors (Lipinski definition) is 3. The summed E-state index contributed by atoms with van der Waals surface area (Å²) in [7, 11) is -3.47. The number of aryl methyl sites for hydroxylation is 1. The maximum absolute atomic E-state index is 12.9. The normalized spacial score (nSPS) is 23.6. The van der Waals surface area contributed by atoms with Gasteiger partial charge in [0, 0.05) is 32.1 Å². The van der Waals surface area contributed by atoms with Crippen LogP contribution in [-0.4, -0.2) is 49.7 Å². The number of sulfonamides is 1. The molecule has 2 aliphatic rings. The molecule has 1 unspecified atom stereocenters. The van der Waals surface area contributed by atoms with E-state index in [2.05, 4.69) is 6.92 Å². The van der Waals surface area contributed by atoms with Crippen molar-refractivity contribution in [2.45, 2.75) is 44.4 Å². The molecule has 0 radical (unpaired) electrons. The van der Waals surface area contributed by atoms with Gasteiger partial charge in [0.2, 0.25) is 15.9 Å². The minimum atomic E-state index is -3.47. The summed E-state index contributed by atoms with van der Waals surface area (Å²) in [4.78, 5) is 15.1. The molecule has 1 atom stereocenters. The molecule has 3 rings (SSSR count). The Hall–Kier alpha value is -1.40. The molecule has 2 heterocycles. The molecule has 0 aromatic heterocycles. The third-order valence-electron chi connectivity index (χ3n) is 5.48. The van der Waals surface area contributed by atoms with Crippen LogP contribution in [0.3, 0.4) is 0 Å². The van der Waals surface area contributed by atoms with Gasteiger partial charge >= 0.3 is 0 Å². The molecular weight excluding hydrogens is 336 g/mol. The number of likely N-dealkylation sites (tertiary alicyclic amines) is 1. The number of carbonyl (C=O) groups excluding carboxylic acids is 1. The van der Waals surface area contributed by atoms with Crippen LogP contribution in [0, 0.1) is 18.8 Å². The predicted molar refractivity (Wildman–Crippen MR) is 97.6 cm³/mol. The standard InChI is InChI=1S/C19H28N2O3S/c1-15-6-5-11-20(14-15)19(22)17-9-12-21(13-10-17)25(23,24)18-8-4-3-7-16(18)2/h3-4,7-8,15,17H,5-6,9-14H2,1-2H3. The number of amides is 1. The topological polar surface area (TPSA) is 57.7 Å². The molecule has 0 bridgehead atoms. The number of carbonyl (C=O) groups is 1. The molecule has 6 heteroatoms. The molecule has 1 aromatic rings. The van der Waals surface area contributed by atoms with Gasteiger partial charge in [-0.3, -0.25) is 4.79 Å². The van der Waals surface area contributed by atoms with Gasteiger partial charge in [-0.25, -0.2) is 8.42 Å². The van der Waals surface area contributed by atoms with Crippen LogP contribution in [0.5, 0.6) is 0 Å². The molecule has 0 N–H and O–H groups in total. The largest absolute Gasteiger partial charge is 0.342 e. The molecule has 0 spiro atoms. The van der Waals surface area contributed by atoms with Crippen molar-refractivity contribution in [3.63, 3.8) is 0 Å². The van der Waals surface area contributed by atoms with Crippen LogP contribution < -0.4 is 0 Å². The van der Waals surface area contributed by atoms with Crippen LogP contribution in [-0.2, 0) is 14.8 Å². The highest BCUT2D eigenvalue weighted by molar-refractivity contribution is 7.89. The van der Waals surface area contributed by atoms with Crippen LogP contribution in [0.15, 0.2) is 29.2 Å². The molecule has 2 fully saturated rings. The monoisotopic (exact) mass is 364 g/mol. The van der Waals surface area contributed by atoms with Gasteiger partial charge in [0.25, 0.3) is 0 Å². The van der Waals surface area contributed by atoms with E-state index >= 15 is 0 Å². The van der Waals surface area contributed by atoms with E-state index in [1.54, 1.807) is 12.1 Å². The quantitative estimate of drug-likeness (QED) is 0.828. The minimum absolute atomic E-state index is 0.0337. The first-order valence-corrected chi connectivity index (χ1v) is 10.7. The van der Waals surface area contributed by atoms with Crippen molar-refractivity contribution in [1.29, 1.82) is 0 Å². The lowest BCUT2D eigenvalue weighted by atomic mass is 9.93. The van der Waals surface area contributed by atoms with Crippen LogP contribution >= 0.6 is 0 Å². The molecule has 0 saturated carbocycles. The number of nitrogens with zero attached hydrogens (tertiary/aromatic N) is 2. The second-order valence-electron chi connectivity index (χ2n) is 7.48. The Morgan fingerprint density at radius 2 is 1.76 bits per heavy atom. The summed E-state index contributed by atoms with van der Waals surface area (Å²) < 4.78 is 27.3. The Balaban J connectivity index is 1.64. The van der Waals surface area contributed by atoms with Gasteiger partial charge in [-0.15, -0.1) is 0 Å². The molecular formula is C19H28N2O3S. The average Bonchev–Trinajstić information content (AvgIpc) is 2.61. The summed E-state index contributed by atoms with van der Waals surface area (Å²) in [6.07, 6.45) is 3.51. The number of benzene rings is 1. The summed E-state index contributed by atoms with van der Waals surface area (Å²) in [5, 5.41) is 0. The van der Waals surface area contributed by atoms with Crippen LogP contribution in [0.4, 0.5) is 0 Å².